The zero-order chi connectivity index (χ0) is 19.5. The summed E-state index contributed by atoms with van der Waals surface area (Å²) in [5, 5.41) is 3.20. The molecule has 2 aliphatic rings. The minimum Gasteiger partial charge on any atom is -0.496 e. The lowest BCUT2D eigenvalue weighted by atomic mass is 9.95. The van der Waals surface area contributed by atoms with Crippen LogP contribution in [-0.4, -0.2) is 29.9 Å². The molecular weight excluding hydrogens is 352 g/mol. The van der Waals surface area contributed by atoms with Crippen molar-refractivity contribution in [3.63, 3.8) is 0 Å². The second kappa shape index (κ2) is 8.05. The molecule has 146 valence electrons. The average molecular weight is 378 g/mol. The molecule has 2 amide bonds. The number of fused-ring (bicyclic) bond motifs is 1. The zero-order valence-corrected chi connectivity index (χ0v) is 16.2. The van der Waals surface area contributed by atoms with Gasteiger partial charge >= 0.3 is 0 Å². The lowest BCUT2D eigenvalue weighted by Crippen LogP contribution is -2.43. The smallest absolute Gasteiger partial charge is 0.255 e. The Morgan fingerprint density at radius 1 is 1.07 bits per heavy atom. The minimum atomic E-state index is -0.601. The Bertz CT molecular complexity index is 874. The van der Waals surface area contributed by atoms with E-state index in [0.717, 1.165) is 42.6 Å². The van der Waals surface area contributed by atoms with Crippen LogP contribution >= 0.6 is 0 Å². The molecule has 4 rings (SSSR count). The molecule has 1 aliphatic heterocycles. The maximum absolute atomic E-state index is 13.2. The highest BCUT2D eigenvalue weighted by Crippen LogP contribution is 2.36. The topological polar surface area (TPSA) is 58.6 Å². The van der Waals surface area contributed by atoms with Gasteiger partial charge in [-0.15, -0.1) is 0 Å². The van der Waals surface area contributed by atoms with Gasteiger partial charge in [0.2, 0.25) is 5.91 Å². The molecule has 0 saturated heterocycles. The van der Waals surface area contributed by atoms with Crippen molar-refractivity contribution in [2.45, 2.75) is 50.7 Å². The molecule has 1 fully saturated rings. The molecule has 1 heterocycles. The fourth-order valence-electron chi connectivity index (χ4n) is 4.36. The Hall–Kier alpha value is -2.82. The van der Waals surface area contributed by atoms with E-state index < -0.39 is 6.04 Å². The zero-order valence-electron chi connectivity index (χ0n) is 16.2. The van der Waals surface area contributed by atoms with E-state index in [2.05, 4.69) is 5.32 Å². The summed E-state index contributed by atoms with van der Waals surface area (Å²) in [6, 6.07) is 14.7. The number of nitrogens with one attached hydrogen (secondary N) is 1. The molecule has 1 saturated carbocycles. The molecule has 0 aromatic heterocycles. The van der Waals surface area contributed by atoms with Crippen LogP contribution in [0.4, 0.5) is 0 Å². The first-order valence-electron chi connectivity index (χ1n) is 10.0. The van der Waals surface area contributed by atoms with Crippen LogP contribution in [0.2, 0.25) is 0 Å². The summed E-state index contributed by atoms with van der Waals surface area (Å²) in [5.41, 5.74) is 2.29. The molecule has 0 bridgehead atoms. The fourth-order valence-corrected chi connectivity index (χ4v) is 4.36. The number of hydrogen-bond donors (Lipinski definition) is 1. The van der Waals surface area contributed by atoms with Gasteiger partial charge in [0.05, 0.1) is 13.7 Å². The molecule has 1 N–H and O–H groups in total. The number of methoxy groups -OCH3 is 1. The van der Waals surface area contributed by atoms with Crippen molar-refractivity contribution < 1.29 is 14.3 Å². The summed E-state index contributed by atoms with van der Waals surface area (Å²) in [4.78, 5) is 28.0. The van der Waals surface area contributed by atoms with E-state index in [1.807, 2.05) is 42.5 Å². The average Bonchev–Trinajstić information content (AvgIpc) is 3.01. The molecule has 28 heavy (non-hydrogen) atoms. The van der Waals surface area contributed by atoms with E-state index in [0.29, 0.717) is 12.1 Å². The van der Waals surface area contributed by atoms with Crippen molar-refractivity contribution >= 4 is 11.8 Å². The van der Waals surface area contributed by atoms with Gasteiger partial charge in [-0.25, -0.2) is 0 Å². The van der Waals surface area contributed by atoms with Crippen molar-refractivity contribution in [1.29, 1.82) is 0 Å². The van der Waals surface area contributed by atoms with Gasteiger partial charge in [-0.05, 0) is 30.5 Å². The van der Waals surface area contributed by atoms with Gasteiger partial charge < -0.3 is 15.0 Å². The highest BCUT2D eigenvalue weighted by molar-refractivity contribution is 6.04. The number of amides is 2. The number of para-hydroxylation sites is 1. The molecule has 0 radical (unpaired) electrons. The van der Waals surface area contributed by atoms with Crippen LogP contribution in [0, 0.1) is 0 Å². The first-order valence-corrected chi connectivity index (χ1v) is 10.0. The monoisotopic (exact) mass is 378 g/mol. The molecule has 1 unspecified atom stereocenters. The number of benzene rings is 2. The summed E-state index contributed by atoms with van der Waals surface area (Å²) in [5.74, 6) is 0.531. The molecule has 1 aliphatic carbocycles. The van der Waals surface area contributed by atoms with E-state index >= 15 is 0 Å². The third-order valence-corrected chi connectivity index (χ3v) is 5.79. The van der Waals surface area contributed by atoms with Crippen molar-refractivity contribution in [3.8, 4) is 5.75 Å². The van der Waals surface area contributed by atoms with Crippen LogP contribution in [-0.2, 0) is 11.3 Å². The summed E-state index contributed by atoms with van der Waals surface area (Å²) in [6.45, 7) is 0.334. The van der Waals surface area contributed by atoms with Crippen LogP contribution in [0.1, 0.15) is 59.6 Å². The second-order valence-corrected chi connectivity index (χ2v) is 7.58. The van der Waals surface area contributed by atoms with Gasteiger partial charge in [-0.2, -0.15) is 0 Å². The minimum absolute atomic E-state index is 0.0832. The number of ether oxygens (including phenoxy) is 1. The third-order valence-electron chi connectivity index (χ3n) is 5.79. The van der Waals surface area contributed by atoms with Gasteiger partial charge in [0, 0.05) is 17.2 Å². The van der Waals surface area contributed by atoms with Gasteiger partial charge in [-0.1, -0.05) is 55.7 Å². The number of carbonyl (C=O) groups excluding carboxylic acids is 2. The maximum Gasteiger partial charge on any atom is 0.255 e. The van der Waals surface area contributed by atoms with Crippen LogP contribution in [0.3, 0.4) is 0 Å². The summed E-state index contributed by atoms with van der Waals surface area (Å²) in [7, 11) is 1.62. The largest absolute Gasteiger partial charge is 0.496 e. The SMILES string of the molecule is COc1ccccc1CN1C(=O)c2ccccc2C1C(=O)NC1CCCCC1. The Morgan fingerprint density at radius 3 is 2.57 bits per heavy atom. The quantitative estimate of drug-likeness (QED) is 0.860. The standard InChI is InChI=1S/C23H26N2O3/c1-28-20-14-8-5-9-16(20)15-25-21(18-12-6-7-13-19(18)23(25)27)22(26)24-17-10-3-2-4-11-17/h5-9,12-14,17,21H,2-4,10-11,15H2,1H3,(H,24,26). The Morgan fingerprint density at radius 2 is 1.79 bits per heavy atom. The summed E-state index contributed by atoms with van der Waals surface area (Å²) in [6.07, 6.45) is 5.56. The normalized spacial score (nSPS) is 19.4. The maximum atomic E-state index is 13.2. The van der Waals surface area contributed by atoms with Gasteiger partial charge in [0.25, 0.3) is 5.91 Å². The predicted octanol–water partition coefficient (Wildman–Crippen LogP) is 3.84. The fraction of sp³-hybridized carbons (Fsp3) is 0.391. The number of rotatable bonds is 5. The van der Waals surface area contributed by atoms with Gasteiger partial charge in [-0.3, -0.25) is 9.59 Å². The predicted molar refractivity (Wildman–Crippen MR) is 107 cm³/mol. The molecule has 1 atom stereocenters. The Labute approximate surface area is 165 Å². The van der Waals surface area contributed by atoms with Gasteiger partial charge in [0.15, 0.2) is 0 Å². The van der Waals surface area contributed by atoms with Crippen molar-refractivity contribution in [1.82, 2.24) is 10.2 Å². The van der Waals surface area contributed by atoms with Gasteiger partial charge in [0.1, 0.15) is 11.8 Å². The molecule has 2 aromatic rings. The van der Waals surface area contributed by atoms with E-state index in [4.69, 9.17) is 4.74 Å². The van der Waals surface area contributed by atoms with Crippen molar-refractivity contribution in [2.75, 3.05) is 7.11 Å². The van der Waals surface area contributed by atoms with Crippen molar-refractivity contribution in [2.24, 2.45) is 0 Å². The highest BCUT2D eigenvalue weighted by atomic mass is 16.5. The van der Waals surface area contributed by atoms with Crippen LogP contribution in [0.15, 0.2) is 48.5 Å². The molecule has 2 aromatic carbocycles. The molecule has 5 heteroatoms. The van der Waals surface area contributed by atoms with Crippen molar-refractivity contribution in [3.05, 3.63) is 65.2 Å². The molecule has 0 spiro atoms. The second-order valence-electron chi connectivity index (χ2n) is 7.58. The first kappa shape index (κ1) is 18.5. The van der Waals surface area contributed by atoms with E-state index in [9.17, 15) is 9.59 Å². The molecule has 5 nitrogen and oxygen atoms in total. The lowest BCUT2D eigenvalue weighted by Gasteiger charge is -2.29. The first-order chi connectivity index (χ1) is 13.7. The highest BCUT2D eigenvalue weighted by Gasteiger charge is 2.41. The Kier molecular flexibility index (Phi) is 5.33. The summed E-state index contributed by atoms with van der Waals surface area (Å²) < 4.78 is 5.45. The third kappa shape index (κ3) is 3.49. The van der Waals surface area contributed by atoms with E-state index in [1.54, 1.807) is 18.1 Å². The number of carbonyl (C=O) groups is 2. The number of hydrogen-bond acceptors (Lipinski definition) is 3. The van der Waals surface area contributed by atoms with Crippen LogP contribution in [0.5, 0.6) is 5.75 Å². The lowest BCUT2D eigenvalue weighted by molar-refractivity contribution is -0.126. The van der Waals surface area contributed by atoms with Crippen LogP contribution in [0.25, 0.3) is 0 Å². The van der Waals surface area contributed by atoms with E-state index in [1.165, 1.54) is 6.42 Å². The Balaban J connectivity index is 1.63. The van der Waals surface area contributed by atoms with Crippen LogP contribution < -0.4 is 10.1 Å². The number of nitrogens with zero attached hydrogens (tertiary/aromatic N) is 1. The summed E-state index contributed by atoms with van der Waals surface area (Å²) >= 11 is 0. The molecular formula is C23H26N2O3. The van der Waals surface area contributed by atoms with E-state index in [-0.39, 0.29) is 17.9 Å².